The number of guanidine groups is 1. The third-order valence-corrected chi connectivity index (χ3v) is 4.85. The van der Waals surface area contributed by atoms with E-state index in [0.29, 0.717) is 0 Å². The molecule has 1 unspecified atom stereocenters. The lowest BCUT2D eigenvalue weighted by Crippen LogP contribution is -2.89. The van der Waals surface area contributed by atoms with Crippen molar-refractivity contribution in [2.45, 2.75) is 41.7 Å². The van der Waals surface area contributed by atoms with Gasteiger partial charge in [0.1, 0.15) is 17.8 Å². The molecule has 11 heteroatoms. The van der Waals surface area contributed by atoms with Crippen LogP contribution in [-0.2, 0) is 9.53 Å². The van der Waals surface area contributed by atoms with Gasteiger partial charge in [0.05, 0.1) is 18.6 Å². The van der Waals surface area contributed by atoms with Crippen LogP contribution in [-0.4, -0.2) is 85.8 Å². The van der Waals surface area contributed by atoms with Crippen molar-refractivity contribution >= 4 is 11.9 Å². The van der Waals surface area contributed by atoms with E-state index in [1.54, 1.807) is 0 Å². The first-order valence-corrected chi connectivity index (χ1v) is 6.65. The van der Waals surface area contributed by atoms with Gasteiger partial charge in [-0.3, -0.25) is 0 Å². The molecule has 1 spiro atoms. The monoisotopic (exact) mass is 318 g/mol. The van der Waals surface area contributed by atoms with Gasteiger partial charge in [0.2, 0.25) is 0 Å². The fraction of sp³-hybridized carbons (Fsp3) is 0.818. The van der Waals surface area contributed by atoms with Crippen LogP contribution in [0.15, 0.2) is 4.99 Å². The zero-order valence-electron chi connectivity index (χ0n) is 11.3. The summed E-state index contributed by atoms with van der Waals surface area (Å²) in [6, 6.07) is 0. The normalized spacial score (nSPS) is 53.9. The highest BCUT2D eigenvalue weighted by Gasteiger charge is 2.74. The summed E-state index contributed by atoms with van der Waals surface area (Å²) in [6.45, 7) is -1.00. The molecule has 1 aliphatic carbocycles. The smallest absolute Gasteiger partial charge is 0.338 e. The molecule has 2 aliphatic heterocycles. The van der Waals surface area contributed by atoms with Gasteiger partial charge in [-0.25, -0.2) is 9.79 Å². The molecule has 0 aromatic carbocycles. The summed E-state index contributed by atoms with van der Waals surface area (Å²) in [5.74, 6) is -2.68. The summed E-state index contributed by atoms with van der Waals surface area (Å²) >= 11 is 0. The summed E-state index contributed by atoms with van der Waals surface area (Å²) in [5, 5.41) is 53.6. The summed E-state index contributed by atoms with van der Waals surface area (Å²) in [6.07, 6.45) is -8.24. The summed E-state index contributed by atoms with van der Waals surface area (Å²) < 4.78 is 4.80. The summed E-state index contributed by atoms with van der Waals surface area (Å²) in [5.41, 5.74) is 7.14. The fourth-order valence-electron chi connectivity index (χ4n) is 3.73. The Labute approximate surface area is 124 Å². The van der Waals surface area contributed by atoms with Gasteiger partial charge in [0.25, 0.3) is 0 Å². The maximum atomic E-state index is 11.9. The van der Waals surface area contributed by atoms with E-state index >= 15 is 0 Å². The standard InChI is InChI=1S/C11H18N4O7/c12-7-2-3(17)10(21,1-16)6-4(18)11(2,15-9(13)14-7)5(19)8(20)22-6/h2-7,16-19,21H,1,12H2,(H3,13,14,15)/t2-,3+,4+,5-,6-,7+,10+,11?/m1/s1. The number of aliphatic hydroxyl groups is 5. The first kappa shape index (κ1) is 15.4. The minimum absolute atomic E-state index is 0.239. The van der Waals surface area contributed by atoms with Gasteiger partial charge < -0.3 is 47.1 Å². The zero-order chi connectivity index (χ0) is 16.4. The number of nitrogens with one attached hydrogen (secondary N) is 1. The van der Waals surface area contributed by atoms with Crippen LogP contribution in [0.25, 0.3) is 0 Å². The number of carbonyl (C=O) groups is 1. The molecule has 1 saturated carbocycles. The van der Waals surface area contributed by atoms with E-state index in [0.717, 1.165) is 0 Å². The van der Waals surface area contributed by atoms with E-state index in [4.69, 9.17) is 16.2 Å². The van der Waals surface area contributed by atoms with Crippen LogP contribution in [0.4, 0.5) is 0 Å². The van der Waals surface area contributed by atoms with Crippen molar-refractivity contribution in [3.8, 4) is 0 Å². The largest absolute Gasteiger partial charge is 0.454 e. The van der Waals surface area contributed by atoms with Gasteiger partial charge in [0, 0.05) is 0 Å². The minimum Gasteiger partial charge on any atom is -0.454 e. The molecule has 3 rings (SSSR count). The predicted molar refractivity (Wildman–Crippen MR) is 68.9 cm³/mol. The number of aliphatic imine (C=N–C) groups is 1. The summed E-state index contributed by atoms with van der Waals surface area (Å²) in [4.78, 5) is 15.7. The van der Waals surface area contributed by atoms with Crippen LogP contribution in [0.5, 0.6) is 0 Å². The van der Waals surface area contributed by atoms with Crippen molar-refractivity contribution in [1.29, 1.82) is 0 Å². The van der Waals surface area contributed by atoms with E-state index in [-0.39, 0.29) is 5.96 Å². The highest BCUT2D eigenvalue weighted by molar-refractivity contribution is 5.85. The Morgan fingerprint density at radius 1 is 1.32 bits per heavy atom. The van der Waals surface area contributed by atoms with Crippen molar-refractivity contribution in [3.05, 3.63) is 0 Å². The number of hydrogen-bond donors (Lipinski definition) is 8. The van der Waals surface area contributed by atoms with Crippen molar-refractivity contribution < 1.29 is 35.1 Å². The van der Waals surface area contributed by atoms with Crippen LogP contribution in [0.3, 0.4) is 0 Å². The van der Waals surface area contributed by atoms with Crippen LogP contribution in [0.1, 0.15) is 0 Å². The average molecular weight is 318 g/mol. The molecule has 11 nitrogen and oxygen atoms in total. The van der Waals surface area contributed by atoms with Gasteiger partial charge in [-0.2, -0.15) is 0 Å². The third kappa shape index (κ3) is 1.55. The zero-order valence-corrected chi connectivity index (χ0v) is 11.3. The Balaban J connectivity index is 2.22. The van der Waals surface area contributed by atoms with Crippen molar-refractivity contribution in [2.24, 2.45) is 22.4 Å². The number of hydrogen-bond acceptors (Lipinski definition) is 11. The molecule has 2 bridgehead atoms. The highest BCUT2D eigenvalue weighted by Crippen LogP contribution is 2.48. The maximum absolute atomic E-state index is 11.9. The lowest BCUT2D eigenvalue weighted by Gasteiger charge is -2.62. The van der Waals surface area contributed by atoms with Crippen molar-refractivity contribution in [2.75, 3.05) is 6.61 Å². The molecule has 2 heterocycles. The number of nitrogens with zero attached hydrogens (tertiary/aromatic N) is 1. The van der Waals surface area contributed by atoms with Gasteiger partial charge in [-0.1, -0.05) is 0 Å². The van der Waals surface area contributed by atoms with Crippen molar-refractivity contribution in [3.63, 3.8) is 0 Å². The second-order valence-corrected chi connectivity index (χ2v) is 5.89. The van der Waals surface area contributed by atoms with Gasteiger partial charge >= 0.3 is 5.97 Å². The predicted octanol–water partition coefficient (Wildman–Crippen LogP) is -5.71. The number of aliphatic hydroxyl groups excluding tert-OH is 4. The molecule has 3 aliphatic rings. The van der Waals surface area contributed by atoms with E-state index in [1.807, 2.05) is 0 Å². The van der Waals surface area contributed by atoms with Gasteiger partial charge in [0.15, 0.2) is 23.8 Å². The van der Waals surface area contributed by atoms with Gasteiger partial charge in [-0.05, 0) is 0 Å². The van der Waals surface area contributed by atoms with Crippen LogP contribution < -0.4 is 16.8 Å². The second kappa shape index (κ2) is 4.50. The lowest BCUT2D eigenvalue weighted by molar-refractivity contribution is -0.302. The first-order chi connectivity index (χ1) is 10.2. The molecule has 2 fully saturated rings. The molecule has 124 valence electrons. The third-order valence-electron chi connectivity index (χ3n) is 4.85. The number of nitrogens with two attached hydrogens (primary N) is 2. The number of carbonyl (C=O) groups excluding carboxylic acids is 1. The van der Waals surface area contributed by atoms with E-state index in [9.17, 15) is 30.3 Å². The maximum Gasteiger partial charge on any atom is 0.338 e. The molecule has 10 N–H and O–H groups in total. The van der Waals surface area contributed by atoms with Gasteiger partial charge in [-0.15, -0.1) is 0 Å². The SMILES string of the molecule is NC1=N[C@H](N)[C@H]2[C@H](O)[C@@](O)(CO)[C@@H]3OC(=O)[C@@H](O)C2(N1)[C@H]3O. The minimum atomic E-state index is -2.36. The van der Waals surface area contributed by atoms with E-state index in [1.165, 1.54) is 0 Å². The second-order valence-electron chi connectivity index (χ2n) is 5.89. The fourth-order valence-corrected chi connectivity index (χ4v) is 3.73. The summed E-state index contributed by atoms with van der Waals surface area (Å²) in [7, 11) is 0. The Morgan fingerprint density at radius 2 is 1.95 bits per heavy atom. The van der Waals surface area contributed by atoms with Crippen LogP contribution >= 0.6 is 0 Å². The molecular weight excluding hydrogens is 300 g/mol. The van der Waals surface area contributed by atoms with Crippen molar-refractivity contribution in [1.82, 2.24) is 5.32 Å². The number of esters is 1. The first-order valence-electron chi connectivity index (χ1n) is 6.65. The molecular formula is C11H18N4O7. The number of fused-ring (bicyclic) bond motifs is 1. The topological polar surface area (TPSA) is 204 Å². The van der Waals surface area contributed by atoms with E-state index in [2.05, 4.69) is 10.3 Å². The number of rotatable bonds is 1. The Kier molecular flexibility index (Phi) is 3.15. The Hall–Kier alpha value is -1.50. The van der Waals surface area contributed by atoms with Crippen LogP contribution in [0, 0.1) is 5.92 Å². The average Bonchev–Trinajstić information content (AvgIpc) is 2.46. The van der Waals surface area contributed by atoms with E-state index < -0.39 is 60.2 Å². The molecule has 0 aromatic rings. The molecule has 0 radical (unpaired) electrons. The molecule has 8 atom stereocenters. The molecule has 22 heavy (non-hydrogen) atoms. The van der Waals surface area contributed by atoms with Crippen LogP contribution in [0.2, 0.25) is 0 Å². The molecule has 0 aromatic heterocycles. The highest BCUT2D eigenvalue weighted by atomic mass is 16.6. The molecule has 0 amide bonds. The quantitative estimate of drug-likeness (QED) is 0.215. The number of ether oxygens (including phenoxy) is 1. The molecule has 1 saturated heterocycles. The Bertz CT molecular complexity index is 545. The lowest BCUT2D eigenvalue weighted by atomic mass is 9.57. The Morgan fingerprint density at radius 3 is 2.55 bits per heavy atom.